The predicted octanol–water partition coefficient (Wildman–Crippen LogP) is 2.04. The number of rotatable bonds is 8. The summed E-state index contributed by atoms with van der Waals surface area (Å²) in [7, 11) is -2.90. The van der Waals surface area contributed by atoms with Gasteiger partial charge in [-0.1, -0.05) is 20.8 Å². The molecule has 20 heavy (non-hydrogen) atoms. The molecule has 0 radical (unpaired) electrons. The van der Waals surface area contributed by atoms with E-state index >= 15 is 0 Å². The molecule has 5 heteroatoms. The van der Waals surface area contributed by atoms with Crippen LogP contribution in [0.3, 0.4) is 0 Å². The van der Waals surface area contributed by atoms with Gasteiger partial charge in [0, 0.05) is 24.4 Å². The first-order valence-electron chi connectivity index (χ1n) is 8.04. The number of hydrogen-bond donors (Lipinski definition) is 1. The smallest absolute Gasteiger partial charge is 0.151 e. The highest BCUT2D eigenvalue weighted by molar-refractivity contribution is 7.91. The van der Waals surface area contributed by atoms with Crippen molar-refractivity contribution >= 4 is 9.84 Å². The third-order valence-electron chi connectivity index (χ3n) is 4.82. The van der Waals surface area contributed by atoms with Gasteiger partial charge >= 0.3 is 0 Å². The summed E-state index contributed by atoms with van der Waals surface area (Å²) < 4.78 is 23.8. The third-order valence-corrected chi connectivity index (χ3v) is 6.66. The van der Waals surface area contributed by atoms with Crippen molar-refractivity contribution in [1.82, 2.24) is 4.90 Å². The van der Waals surface area contributed by atoms with Crippen molar-refractivity contribution in [3.05, 3.63) is 0 Å². The molecule has 0 aromatic heterocycles. The van der Waals surface area contributed by atoms with Crippen LogP contribution < -0.4 is 5.73 Å². The summed E-state index contributed by atoms with van der Waals surface area (Å²) in [4.78, 5) is 2.33. The van der Waals surface area contributed by atoms with Crippen molar-refractivity contribution in [3.8, 4) is 0 Å². The highest BCUT2D eigenvalue weighted by atomic mass is 32.2. The van der Waals surface area contributed by atoms with E-state index in [9.17, 15) is 8.42 Å². The van der Waals surface area contributed by atoms with E-state index in [2.05, 4.69) is 18.7 Å². The van der Waals surface area contributed by atoms with Crippen molar-refractivity contribution < 1.29 is 8.42 Å². The van der Waals surface area contributed by atoms with E-state index < -0.39 is 9.84 Å². The van der Waals surface area contributed by atoms with Crippen LogP contribution in [-0.2, 0) is 9.84 Å². The molecule has 1 saturated carbocycles. The molecule has 2 N–H and O–H groups in total. The van der Waals surface area contributed by atoms with E-state index in [4.69, 9.17) is 5.73 Å². The number of hydrogen-bond acceptors (Lipinski definition) is 4. The van der Waals surface area contributed by atoms with Gasteiger partial charge in [-0.3, -0.25) is 4.90 Å². The Kier molecular flexibility index (Phi) is 6.95. The van der Waals surface area contributed by atoms with Crippen LogP contribution in [-0.4, -0.2) is 50.0 Å². The molecule has 0 bridgehead atoms. The highest BCUT2D eigenvalue weighted by Gasteiger charge is 2.37. The van der Waals surface area contributed by atoms with Gasteiger partial charge in [0.05, 0.1) is 5.75 Å². The Morgan fingerprint density at radius 1 is 1.20 bits per heavy atom. The lowest BCUT2D eigenvalue weighted by atomic mass is 9.76. The van der Waals surface area contributed by atoms with Gasteiger partial charge in [0.25, 0.3) is 0 Å². The molecule has 0 saturated heterocycles. The van der Waals surface area contributed by atoms with Crippen molar-refractivity contribution in [3.63, 3.8) is 0 Å². The molecule has 0 spiro atoms. The molecule has 0 heterocycles. The highest BCUT2D eigenvalue weighted by Crippen LogP contribution is 2.35. The van der Waals surface area contributed by atoms with Crippen LogP contribution in [0, 0.1) is 5.92 Å². The maximum Gasteiger partial charge on any atom is 0.151 e. The minimum atomic E-state index is -2.90. The van der Waals surface area contributed by atoms with Gasteiger partial charge in [-0.05, 0) is 44.6 Å². The van der Waals surface area contributed by atoms with Crippen molar-refractivity contribution in [2.45, 2.75) is 58.4 Å². The van der Waals surface area contributed by atoms with Crippen LogP contribution >= 0.6 is 0 Å². The molecule has 0 aromatic carbocycles. The topological polar surface area (TPSA) is 63.4 Å². The molecule has 1 fully saturated rings. The number of likely N-dealkylation sites (N-methyl/N-ethyl adjacent to an activating group) is 1. The summed E-state index contributed by atoms with van der Waals surface area (Å²) in [6.45, 7) is 8.47. The van der Waals surface area contributed by atoms with Gasteiger partial charge < -0.3 is 5.73 Å². The Morgan fingerprint density at radius 3 is 2.25 bits per heavy atom. The first-order valence-corrected chi connectivity index (χ1v) is 9.87. The van der Waals surface area contributed by atoms with Gasteiger partial charge in [0.2, 0.25) is 0 Å². The number of nitrogens with two attached hydrogens (primary N) is 1. The molecule has 120 valence electrons. The first kappa shape index (κ1) is 17.9. The van der Waals surface area contributed by atoms with E-state index in [0.29, 0.717) is 25.3 Å². The Bertz CT molecular complexity index is 373. The zero-order chi connectivity index (χ0) is 15.2. The summed E-state index contributed by atoms with van der Waals surface area (Å²) in [5.74, 6) is 1.35. The average molecular weight is 304 g/mol. The summed E-state index contributed by atoms with van der Waals surface area (Å²) in [5, 5.41) is 0. The molecular formula is C15H32N2O2S. The van der Waals surface area contributed by atoms with Gasteiger partial charge in [-0.15, -0.1) is 0 Å². The summed E-state index contributed by atoms with van der Waals surface area (Å²) in [5.41, 5.74) is 6.10. The zero-order valence-corrected chi connectivity index (χ0v) is 14.2. The molecule has 1 rings (SSSR count). The van der Waals surface area contributed by atoms with Crippen LogP contribution in [0.1, 0.15) is 52.9 Å². The molecule has 4 nitrogen and oxygen atoms in total. The molecule has 0 aliphatic heterocycles. The molecular weight excluding hydrogens is 272 g/mol. The molecule has 0 unspecified atom stereocenters. The minimum Gasteiger partial charge on any atom is -0.329 e. The fraction of sp³-hybridized carbons (Fsp3) is 1.00. The van der Waals surface area contributed by atoms with Gasteiger partial charge in [-0.25, -0.2) is 8.42 Å². The van der Waals surface area contributed by atoms with E-state index in [-0.39, 0.29) is 11.3 Å². The summed E-state index contributed by atoms with van der Waals surface area (Å²) in [6, 6.07) is 0. The normalized spacial score (nSPS) is 27.9. The summed E-state index contributed by atoms with van der Waals surface area (Å²) >= 11 is 0. The van der Waals surface area contributed by atoms with E-state index in [1.807, 2.05) is 6.92 Å². The maximum atomic E-state index is 11.9. The lowest BCUT2D eigenvalue weighted by Crippen LogP contribution is -2.56. The van der Waals surface area contributed by atoms with E-state index in [1.165, 1.54) is 12.8 Å². The second-order valence-electron chi connectivity index (χ2n) is 6.34. The van der Waals surface area contributed by atoms with Gasteiger partial charge in [0.1, 0.15) is 0 Å². The minimum absolute atomic E-state index is 0.0307. The second-order valence-corrected chi connectivity index (χ2v) is 8.65. The van der Waals surface area contributed by atoms with Crippen molar-refractivity contribution in [2.24, 2.45) is 11.7 Å². The standard InChI is InChI=1S/C15H32N2O2S/c1-4-11-20(18,19)12-10-17(5-2)15(13-16)8-6-14(3)7-9-15/h14H,4-13,16H2,1-3H3. The van der Waals surface area contributed by atoms with Crippen LogP contribution in [0.5, 0.6) is 0 Å². The first-order chi connectivity index (χ1) is 9.39. The molecule has 1 aliphatic carbocycles. The monoisotopic (exact) mass is 304 g/mol. The maximum absolute atomic E-state index is 11.9. The molecule has 1 aliphatic rings. The third kappa shape index (κ3) is 4.71. The molecule has 0 aromatic rings. The van der Waals surface area contributed by atoms with Crippen LogP contribution in [0.15, 0.2) is 0 Å². The van der Waals surface area contributed by atoms with E-state index in [0.717, 1.165) is 25.3 Å². The average Bonchev–Trinajstić information content (AvgIpc) is 2.41. The van der Waals surface area contributed by atoms with Crippen LogP contribution in [0.2, 0.25) is 0 Å². The van der Waals surface area contributed by atoms with Crippen LogP contribution in [0.4, 0.5) is 0 Å². The van der Waals surface area contributed by atoms with Crippen molar-refractivity contribution in [1.29, 1.82) is 0 Å². The van der Waals surface area contributed by atoms with Crippen LogP contribution in [0.25, 0.3) is 0 Å². The second kappa shape index (κ2) is 7.76. The van der Waals surface area contributed by atoms with Gasteiger partial charge in [-0.2, -0.15) is 0 Å². The Balaban J connectivity index is 2.68. The molecule has 0 atom stereocenters. The fourth-order valence-corrected chi connectivity index (χ4v) is 4.67. The Morgan fingerprint density at radius 2 is 1.80 bits per heavy atom. The predicted molar refractivity (Wildman–Crippen MR) is 85.6 cm³/mol. The largest absolute Gasteiger partial charge is 0.329 e. The number of nitrogens with zero attached hydrogens (tertiary/aromatic N) is 1. The number of sulfone groups is 1. The lowest BCUT2D eigenvalue weighted by molar-refractivity contribution is 0.0544. The van der Waals surface area contributed by atoms with Gasteiger partial charge in [0.15, 0.2) is 9.84 Å². The van der Waals surface area contributed by atoms with E-state index in [1.54, 1.807) is 0 Å². The zero-order valence-electron chi connectivity index (χ0n) is 13.4. The fourth-order valence-electron chi connectivity index (χ4n) is 3.34. The van der Waals surface area contributed by atoms with Crippen molar-refractivity contribution in [2.75, 3.05) is 31.1 Å². The Labute approximate surface area is 125 Å². The molecule has 0 amide bonds. The Hall–Kier alpha value is -0.130. The SMILES string of the molecule is CCCS(=O)(=O)CCN(CC)C1(CN)CCC(C)CC1. The lowest BCUT2D eigenvalue weighted by Gasteiger charge is -2.47. The summed E-state index contributed by atoms with van der Waals surface area (Å²) in [6.07, 6.45) is 5.32. The quantitative estimate of drug-likeness (QED) is 0.745.